The second-order valence-corrected chi connectivity index (χ2v) is 20.9. The minimum atomic E-state index is -0.988. The Hall–Kier alpha value is -6.75. The van der Waals surface area contributed by atoms with Crippen LogP contribution in [0.4, 0.5) is 26.0 Å². The summed E-state index contributed by atoms with van der Waals surface area (Å²) in [4.78, 5) is 69.9. The maximum Gasteiger partial charge on any atom is 0.410 e. The van der Waals surface area contributed by atoms with Crippen LogP contribution in [0.25, 0.3) is 0 Å². The molecular weight excluding hydrogens is 949 g/mol. The van der Waals surface area contributed by atoms with E-state index in [1.807, 2.05) is 51.1 Å². The van der Waals surface area contributed by atoms with Crippen LogP contribution in [0.3, 0.4) is 0 Å². The van der Waals surface area contributed by atoms with Crippen molar-refractivity contribution in [1.29, 1.82) is 10.5 Å². The second kappa shape index (κ2) is 24.5. The summed E-state index contributed by atoms with van der Waals surface area (Å²) in [6.07, 6.45) is 4.36. The molecule has 0 saturated carbocycles. The number of piperazine rings is 2. The number of amides is 3. The molecule has 0 unspecified atom stereocenters. The standard InChI is InChI=1S/C28H35N7O5.C24H37N7O3/c1-32-12-5-8-22(32)19-39-26-30-24-17-34(27(36)37)13-10-23(24)25(31-26)33-14-15-35(21(16-33)9-11-29)28(38)40-18-20-6-3-2-4-7-20;1-24(2,3)34-23(32)31-13-12-30(15-17(31)7-9-25)21-19-8-10-26-14-20(19)27-22(28-21)33-16-18-6-5-11-29(18)4/h2-4,6-7,21-22H,5,8-10,12-19H2,1H3,(H,36,37);17-18,26H,5-8,10-16H2,1-4H3/t21-,22-;17-,18-/m00/s1. The lowest BCUT2D eigenvalue weighted by Gasteiger charge is -2.42. The van der Waals surface area contributed by atoms with E-state index >= 15 is 0 Å². The van der Waals surface area contributed by atoms with Crippen LogP contribution in [0.5, 0.6) is 12.0 Å². The van der Waals surface area contributed by atoms with Gasteiger partial charge in [0.1, 0.15) is 37.1 Å². The number of aromatic nitrogens is 4. The fourth-order valence-electron chi connectivity index (χ4n) is 10.5. The number of nitriles is 2. The van der Waals surface area contributed by atoms with E-state index in [2.05, 4.69) is 56.1 Å². The van der Waals surface area contributed by atoms with Crippen molar-refractivity contribution in [2.24, 2.45) is 0 Å². The molecule has 3 amide bonds. The van der Waals surface area contributed by atoms with Crippen LogP contribution < -0.4 is 24.6 Å². The zero-order valence-corrected chi connectivity index (χ0v) is 43.6. The average Bonchev–Trinajstić information content (AvgIpc) is 4.01. The van der Waals surface area contributed by atoms with Gasteiger partial charge in [0.05, 0.1) is 55.0 Å². The van der Waals surface area contributed by atoms with Gasteiger partial charge in [0.15, 0.2) is 0 Å². The number of nitrogens with one attached hydrogen (secondary N) is 1. The van der Waals surface area contributed by atoms with E-state index in [0.717, 1.165) is 73.5 Å². The largest absolute Gasteiger partial charge is 0.465 e. The summed E-state index contributed by atoms with van der Waals surface area (Å²) in [5.74, 6) is 1.55. The van der Waals surface area contributed by atoms with Gasteiger partial charge in [-0.2, -0.15) is 30.5 Å². The number of benzene rings is 1. The lowest BCUT2D eigenvalue weighted by atomic mass is 10.0. The molecule has 8 heterocycles. The Kier molecular flexibility index (Phi) is 17.7. The number of anilines is 2. The van der Waals surface area contributed by atoms with Crippen molar-refractivity contribution >= 4 is 29.9 Å². The molecule has 0 aliphatic carbocycles. The first-order valence-electron chi connectivity index (χ1n) is 26.0. The highest BCUT2D eigenvalue weighted by atomic mass is 16.6. The van der Waals surface area contributed by atoms with Crippen LogP contribution in [-0.4, -0.2) is 190 Å². The Labute approximate surface area is 434 Å². The predicted octanol–water partition coefficient (Wildman–Crippen LogP) is 4.66. The molecule has 2 N–H and O–H groups in total. The molecule has 6 aliphatic rings. The Morgan fingerprint density at radius 1 is 0.716 bits per heavy atom. The van der Waals surface area contributed by atoms with Crippen molar-refractivity contribution in [2.45, 2.75) is 122 Å². The molecule has 6 aliphatic heterocycles. The number of nitrogens with zero attached hydrogens (tertiary/aromatic N) is 13. The van der Waals surface area contributed by atoms with Gasteiger partial charge in [-0.15, -0.1) is 0 Å². The second-order valence-electron chi connectivity index (χ2n) is 20.9. The minimum Gasteiger partial charge on any atom is -0.465 e. The van der Waals surface area contributed by atoms with Gasteiger partial charge in [0.25, 0.3) is 0 Å². The zero-order chi connectivity index (χ0) is 52.4. The molecule has 4 atom stereocenters. The number of ether oxygens (including phenoxy) is 4. The molecule has 0 spiro atoms. The smallest absolute Gasteiger partial charge is 0.410 e. The number of hydrogen-bond acceptors (Lipinski definition) is 18. The van der Waals surface area contributed by atoms with Gasteiger partial charge in [0.2, 0.25) is 0 Å². The van der Waals surface area contributed by atoms with Crippen LogP contribution in [0, 0.1) is 22.7 Å². The molecule has 74 heavy (non-hydrogen) atoms. The number of fused-ring (bicyclic) bond motifs is 2. The zero-order valence-electron chi connectivity index (χ0n) is 43.6. The van der Waals surface area contributed by atoms with Crippen molar-refractivity contribution in [3.8, 4) is 24.2 Å². The monoisotopic (exact) mass is 1020 g/mol. The van der Waals surface area contributed by atoms with Gasteiger partial charge >= 0.3 is 30.3 Å². The van der Waals surface area contributed by atoms with E-state index in [1.165, 1.54) is 11.3 Å². The molecule has 0 radical (unpaired) electrons. The van der Waals surface area contributed by atoms with Crippen molar-refractivity contribution in [3.05, 3.63) is 58.4 Å². The maximum absolute atomic E-state index is 13.0. The number of carboxylic acid groups (broad SMARTS) is 1. The Morgan fingerprint density at radius 3 is 1.80 bits per heavy atom. The third-order valence-corrected chi connectivity index (χ3v) is 14.6. The van der Waals surface area contributed by atoms with E-state index in [1.54, 1.807) is 9.80 Å². The van der Waals surface area contributed by atoms with Crippen molar-refractivity contribution in [2.75, 3.05) is 103 Å². The topological polar surface area (TPSA) is 242 Å². The summed E-state index contributed by atoms with van der Waals surface area (Å²) in [5, 5.41) is 31.9. The summed E-state index contributed by atoms with van der Waals surface area (Å²) < 4.78 is 23.3. The summed E-state index contributed by atoms with van der Waals surface area (Å²) in [7, 11) is 4.20. The van der Waals surface area contributed by atoms with Gasteiger partial charge in [-0.25, -0.2) is 14.4 Å². The van der Waals surface area contributed by atoms with Gasteiger partial charge < -0.3 is 63.7 Å². The van der Waals surface area contributed by atoms with Crippen molar-refractivity contribution < 1.29 is 38.4 Å². The van der Waals surface area contributed by atoms with Crippen LogP contribution in [0.1, 0.15) is 87.4 Å². The quantitative estimate of drug-likeness (QED) is 0.251. The molecule has 0 bridgehead atoms. The first-order chi connectivity index (χ1) is 35.7. The summed E-state index contributed by atoms with van der Waals surface area (Å²) in [5.41, 5.74) is 3.94. The third kappa shape index (κ3) is 13.5. The molecule has 22 nitrogen and oxygen atoms in total. The normalized spacial score (nSPS) is 22.1. The molecule has 4 fully saturated rings. The average molecular weight is 1020 g/mol. The number of hydrogen-bond donors (Lipinski definition) is 2. The van der Waals surface area contributed by atoms with E-state index in [-0.39, 0.29) is 56.2 Å². The lowest BCUT2D eigenvalue weighted by Crippen LogP contribution is -2.56. The SMILES string of the molecule is CN1CCC[C@H]1COc1nc2c(c(N3CCN(C(=O)OC(C)(C)C)[C@@H](CC#N)C3)n1)CCNC2.CN1CCC[C@H]1COc1nc2c(c(N3CCN(C(=O)OCc4ccccc4)[C@@H](CC#N)C3)n1)CCN(C(=O)O)C2. The van der Waals surface area contributed by atoms with E-state index in [4.69, 9.17) is 33.9 Å². The predicted molar refractivity (Wildman–Crippen MR) is 273 cm³/mol. The van der Waals surface area contributed by atoms with Crippen LogP contribution >= 0.6 is 0 Å². The summed E-state index contributed by atoms with van der Waals surface area (Å²) in [6, 6.07) is 14.6. The molecule has 398 valence electrons. The van der Waals surface area contributed by atoms with Gasteiger partial charge in [-0.1, -0.05) is 30.3 Å². The van der Waals surface area contributed by atoms with Crippen LogP contribution in [0.15, 0.2) is 30.3 Å². The van der Waals surface area contributed by atoms with Crippen LogP contribution in [-0.2, 0) is 42.0 Å². The van der Waals surface area contributed by atoms with Crippen molar-refractivity contribution in [3.63, 3.8) is 0 Å². The molecule has 9 rings (SSSR count). The number of likely N-dealkylation sites (tertiary alicyclic amines) is 2. The first kappa shape index (κ1) is 53.5. The number of rotatable bonds is 12. The van der Waals surface area contributed by atoms with E-state index < -0.39 is 17.8 Å². The summed E-state index contributed by atoms with van der Waals surface area (Å²) in [6.45, 7) is 13.8. The molecule has 1 aromatic carbocycles. The highest BCUT2D eigenvalue weighted by molar-refractivity contribution is 5.70. The van der Waals surface area contributed by atoms with Gasteiger partial charge in [-0.3, -0.25) is 0 Å². The molecule has 4 saturated heterocycles. The molecule has 22 heteroatoms. The minimum absolute atomic E-state index is 0.147. The first-order valence-corrected chi connectivity index (χ1v) is 26.0. The Balaban J connectivity index is 0.000000200. The Morgan fingerprint density at radius 2 is 1.27 bits per heavy atom. The van der Waals surface area contributed by atoms with Crippen molar-refractivity contribution in [1.82, 2.24) is 49.8 Å². The fourth-order valence-corrected chi connectivity index (χ4v) is 10.5. The molecule has 2 aromatic heterocycles. The summed E-state index contributed by atoms with van der Waals surface area (Å²) >= 11 is 0. The molecule has 3 aromatic rings. The lowest BCUT2D eigenvalue weighted by molar-refractivity contribution is 0.0144. The maximum atomic E-state index is 13.0. The highest BCUT2D eigenvalue weighted by Crippen LogP contribution is 2.33. The molecular formula is C52H72N14O8. The van der Waals surface area contributed by atoms with E-state index in [0.29, 0.717) is 95.6 Å². The number of likely N-dealkylation sites (N-methyl/N-ethyl adjacent to an activating group) is 2. The van der Waals surface area contributed by atoms with Gasteiger partial charge in [0, 0.05) is 75.6 Å². The third-order valence-electron chi connectivity index (χ3n) is 14.6. The Bertz CT molecular complexity index is 2520. The highest BCUT2D eigenvalue weighted by Gasteiger charge is 2.38. The number of carbonyl (C=O) groups is 3. The van der Waals surface area contributed by atoms with Crippen LogP contribution in [0.2, 0.25) is 0 Å². The van der Waals surface area contributed by atoms with Gasteiger partial charge in [-0.05, 0) is 98.6 Å². The van der Waals surface area contributed by atoms with E-state index in [9.17, 15) is 30.0 Å². The number of carbonyl (C=O) groups excluding carboxylic acids is 2. The fraction of sp³-hybridized carbons (Fsp3) is 0.635.